The number of piperidine rings is 2. The van der Waals surface area contributed by atoms with Crippen molar-refractivity contribution in [3.63, 3.8) is 0 Å². The zero-order chi connectivity index (χ0) is 23.6. The molecule has 2 aromatic rings. The maximum Gasteiger partial charge on any atom is 0.255 e. The standard InChI is InChI=1S/C24H28Cl2N2O4S/c1-33(30,31)23-5-3-2-4-20(23)24(29)28-12-8-17(9-13-28)27-14-10-18(11-15-27)32-19-6-7-21(25)22(26)16-19/h2-7,16-18H,8-15H2,1H3. The van der Waals surface area contributed by atoms with E-state index in [-0.39, 0.29) is 22.5 Å². The van der Waals surface area contributed by atoms with Gasteiger partial charge >= 0.3 is 0 Å². The molecule has 1 amide bonds. The third-order valence-electron chi connectivity index (χ3n) is 6.46. The molecule has 0 aliphatic carbocycles. The van der Waals surface area contributed by atoms with Crippen molar-refractivity contribution in [2.24, 2.45) is 0 Å². The zero-order valence-corrected chi connectivity index (χ0v) is 20.9. The fourth-order valence-corrected chi connectivity index (χ4v) is 5.84. The van der Waals surface area contributed by atoms with Gasteiger partial charge in [0.15, 0.2) is 9.84 Å². The van der Waals surface area contributed by atoms with Crippen LogP contribution < -0.4 is 4.74 Å². The quantitative estimate of drug-likeness (QED) is 0.590. The molecule has 178 valence electrons. The molecule has 0 N–H and O–H groups in total. The largest absolute Gasteiger partial charge is 0.490 e. The highest BCUT2D eigenvalue weighted by molar-refractivity contribution is 7.90. The van der Waals surface area contributed by atoms with Crippen LogP contribution in [-0.2, 0) is 9.84 Å². The van der Waals surface area contributed by atoms with Crippen molar-refractivity contribution < 1.29 is 17.9 Å². The summed E-state index contributed by atoms with van der Waals surface area (Å²) in [6.45, 7) is 3.14. The van der Waals surface area contributed by atoms with Gasteiger partial charge in [-0.05, 0) is 49.9 Å². The SMILES string of the molecule is CS(=O)(=O)c1ccccc1C(=O)N1CCC(N2CCC(Oc3ccc(Cl)c(Cl)c3)CC2)CC1. The fraction of sp³-hybridized carbons (Fsp3) is 0.458. The first-order valence-corrected chi connectivity index (χ1v) is 13.8. The Labute approximate surface area is 205 Å². The molecule has 2 heterocycles. The van der Waals surface area contributed by atoms with Gasteiger partial charge in [0.2, 0.25) is 0 Å². The van der Waals surface area contributed by atoms with Crippen LogP contribution in [0.2, 0.25) is 10.0 Å². The van der Waals surface area contributed by atoms with Crippen LogP contribution in [-0.4, -0.2) is 68.7 Å². The first-order chi connectivity index (χ1) is 15.7. The van der Waals surface area contributed by atoms with E-state index in [2.05, 4.69) is 4.90 Å². The Morgan fingerprint density at radius 2 is 1.61 bits per heavy atom. The molecule has 2 aliphatic heterocycles. The number of ether oxygens (including phenoxy) is 1. The highest BCUT2D eigenvalue weighted by atomic mass is 35.5. The molecule has 9 heteroatoms. The lowest BCUT2D eigenvalue weighted by atomic mass is 9.98. The number of nitrogens with zero attached hydrogens (tertiary/aromatic N) is 2. The minimum absolute atomic E-state index is 0.0983. The average Bonchev–Trinajstić information content (AvgIpc) is 2.81. The third-order valence-corrected chi connectivity index (χ3v) is 8.35. The van der Waals surface area contributed by atoms with E-state index in [4.69, 9.17) is 27.9 Å². The molecular formula is C24H28Cl2N2O4S. The minimum Gasteiger partial charge on any atom is -0.490 e. The second-order valence-electron chi connectivity index (χ2n) is 8.72. The summed E-state index contributed by atoms with van der Waals surface area (Å²) < 4.78 is 30.2. The molecule has 33 heavy (non-hydrogen) atoms. The summed E-state index contributed by atoms with van der Waals surface area (Å²) in [5, 5.41) is 1.01. The van der Waals surface area contributed by atoms with E-state index in [0.717, 1.165) is 50.8 Å². The predicted molar refractivity (Wildman–Crippen MR) is 130 cm³/mol. The molecule has 2 fully saturated rings. The number of sulfone groups is 1. The molecule has 0 aromatic heterocycles. The number of carbonyl (C=O) groups excluding carboxylic acids is 1. The van der Waals surface area contributed by atoms with Gasteiger partial charge in [-0.2, -0.15) is 0 Å². The number of likely N-dealkylation sites (tertiary alicyclic amines) is 2. The van der Waals surface area contributed by atoms with E-state index in [1.54, 1.807) is 35.2 Å². The van der Waals surface area contributed by atoms with Crippen molar-refractivity contribution >= 4 is 38.9 Å². The van der Waals surface area contributed by atoms with Gasteiger partial charge in [-0.15, -0.1) is 0 Å². The Hall–Kier alpha value is -1.80. The van der Waals surface area contributed by atoms with E-state index < -0.39 is 9.84 Å². The summed E-state index contributed by atoms with van der Waals surface area (Å²) in [6, 6.07) is 12.2. The van der Waals surface area contributed by atoms with Crippen LogP contribution in [0.1, 0.15) is 36.0 Å². The van der Waals surface area contributed by atoms with Gasteiger partial charge in [-0.25, -0.2) is 8.42 Å². The lowest BCUT2D eigenvalue weighted by Gasteiger charge is -2.41. The number of carbonyl (C=O) groups is 1. The highest BCUT2D eigenvalue weighted by Crippen LogP contribution is 2.29. The average molecular weight is 511 g/mol. The molecule has 0 unspecified atom stereocenters. The number of amides is 1. The molecule has 0 saturated carbocycles. The van der Waals surface area contributed by atoms with E-state index in [9.17, 15) is 13.2 Å². The van der Waals surface area contributed by atoms with Crippen LogP contribution in [0, 0.1) is 0 Å². The van der Waals surface area contributed by atoms with Gasteiger partial charge in [-0.3, -0.25) is 9.69 Å². The molecule has 2 aliphatic rings. The number of benzene rings is 2. The Balaban J connectivity index is 1.29. The van der Waals surface area contributed by atoms with Crippen molar-refractivity contribution in [1.82, 2.24) is 9.80 Å². The van der Waals surface area contributed by atoms with Gasteiger partial charge in [0.1, 0.15) is 11.9 Å². The number of rotatable bonds is 5. The fourth-order valence-electron chi connectivity index (χ4n) is 4.67. The molecule has 2 saturated heterocycles. The van der Waals surface area contributed by atoms with Crippen LogP contribution >= 0.6 is 23.2 Å². The maximum absolute atomic E-state index is 13.0. The molecule has 2 aromatic carbocycles. The van der Waals surface area contributed by atoms with Crippen molar-refractivity contribution in [3.05, 3.63) is 58.1 Å². The predicted octanol–water partition coefficient (Wildman–Crippen LogP) is 4.54. The van der Waals surface area contributed by atoms with Gasteiger partial charge < -0.3 is 9.64 Å². The van der Waals surface area contributed by atoms with Gasteiger partial charge in [-0.1, -0.05) is 35.3 Å². The van der Waals surface area contributed by atoms with Gasteiger partial charge in [0.05, 0.1) is 20.5 Å². The summed E-state index contributed by atoms with van der Waals surface area (Å²) in [4.78, 5) is 17.4. The van der Waals surface area contributed by atoms with Crippen molar-refractivity contribution in [1.29, 1.82) is 0 Å². The molecule has 6 nitrogen and oxygen atoms in total. The van der Waals surface area contributed by atoms with Crippen LogP contribution in [0.5, 0.6) is 5.75 Å². The van der Waals surface area contributed by atoms with Crippen LogP contribution in [0.15, 0.2) is 47.4 Å². The lowest BCUT2D eigenvalue weighted by molar-refractivity contribution is 0.0424. The smallest absolute Gasteiger partial charge is 0.255 e. The van der Waals surface area contributed by atoms with Crippen LogP contribution in [0.25, 0.3) is 0 Å². The maximum atomic E-state index is 13.0. The summed E-state index contributed by atoms with van der Waals surface area (Å²) in [5.74, 6) is 0.534. The molecular weight excluding hydrogens is 483 g/mol. The third kappa shape index (κ3) is 5.83. The second-order valence-corrected chi connectivity index (χ2v) is 11.5. The topological polar surface area (TPSA) is 66.9 Å². The Morgan fingerprint density at radius 1 is 0.939 bits per heavy atom. The summed E-state index contributed by atoms with van der Waals surface area (Å²) in [7, 11) is -3.46. The van der Waals surface area contributed by atoms with Crippen LogP contribution in [0.3, 0.4) is 0 Å². The minimum atomic E-state index is -3.46. The zero-order valence-electron chi connectivity index (χ0n) is 18.5. The second kappa shape index (κ2) is 10.2. The molecule has 0 radical (unpaired) electrons. The first-order valence-electron chi connectivity index (χ1n) is 11.2. The molecule has 0 spiro atoms. The van der Waals surface area contributed by atoms with E-state index in [0.29, 0.717) is 29.2 Å². The number of halogens is 2. The Bertz CT molecular complexity index is 1110. The van der Waals surface area contributed by atoms with Gasteiger partial charge in [0, 0.05) is 44.5 Å². The lowest BCUT2D eigenvalue weighted by Crippen LogP contribution is -2.50. The first kappa shape index (κ1) is 24.3. The molecule has 0 atom stereocenters. The summed E-state index contributed by atoms with van der Waals surface area (Å²) in [6.07, 6.45) is 4.91. The van der Waals surface area contributed by atoms with Gasteiger partial charge in [0.25, 0.3) is 5.91 Å². The van der Waals surface area contributed by atoms with E-state index in [1.165, 1.54) is 6.07 Å². The Morgan fingerprint density at radius 3 is 2.24 bits per heavy atom. The van der Waals surface area contributed by atoms with E-state index >= 15 is 0 Å². The van der Waals surface area contributed by atoms with Crippen molar-refractivity contribution in [2.75, 3.05) is 32.4 Å². The normalized spacial score (nSPS) is 18.9. The summed E-state index contributed by atoms with van der Waals surface area (Å²) in [5.41, 5.74) is 0.263. The monoisotopic (exact) mass is 510 g/mol. The highest BCUT2D eigenvalue weighted by Gasteiger charge is 2.31. The van der Waals surface area contributed by atoms with Crippen LogP contribution in [0.4, 0.5) is 0 Å². The number of hydrogen-bond acceptors (Lipinski definition) is 5. The summed E-state index contributed by atoms with van der Waals surface area (Å²) >= 11 is 12.1. The molecule has 0 bridgehead atoms. The Kier molecular flexibility index (Phi) is 7.53. The molecule has 4 rings (SSSR count). The van der Waals surface area contributed by atoms with Crippen molar-refractivity contribution in [2.45, 2.75) is 42.7 Å². The number of hydrogen-bond donors (Lipinski definition) is 0. The van der Waals surface area contributed by atoms with E-state index in [1.807, 2.05) is 6.07 Å². The van der Waals surface area contributed by atoms with Crippen molar-refractivity contribution in [3.8, 4) is 5.75 Å².